The molecule has 5 heteroatoms. The topological polar surface area (TPSA) is 54.5 Å². The van der Waals surface area contributed by atoms with E-state index in [0.717, 1.165) is 36.0 Å². The van der Waals surface area contributed by atoms with Crippen LogP contribution in [0.1, 0.15) is 30.9 Å². The van der Waals surface area contributed by atoms with Crippen LogP contribution in [0, 0.1) is 0 Å². The van der Waals surface area contributed by atoms with E-state index in [9.17, 15) is 4.79 Å². The quantitative estimate of drug-likeness (QED) is 0.657. The highest BCUT2D eigenvalue weighted by atomic mass is 16.5. The lowest BCUT2D eigenvalue weighted by Gasteiger charge is -2.19. The number of aromatic nitrogens is 1. The predicted octanol–water partition coefficient (Wildman–Crippen LogP) is 3.27. The summed E-state index contributed by atoms with van der Waals surface area (Å²) in [6.45, 7) is 5.31. The molecular weight excluding hydrogens is 338 g/mol. The molecule has 1 amide bonds. The molecule has 1 aliphatic rings. The standard InChI is InChI=1S/C22H27N3O2/c1-2-25(20-8-9-20)15-14-24-22(26)12-7-18-5-10-21(11-6-18)27-17-19-4-3-13-23-16-19/h3-7,10-13,16,20H,2,8-9,14-15,17H2,1H3,(H,24,26)/b12-7+. The van der Waals surface area contributed by atoms with Gasteiger partial charge in [0.1, 0.15) is 12.4 Å². The average molecular weight is 365 g/mol. The first-order chi connectivity index (χ1) is 13.2. The predicted molar refractivity (Wildman–Crippen MR) is 107 cm³/mol. The molecule has 1 saturated carbocycles. The second kappa shape index (κ2) is 9.88. The number of rotatable bonds is 10. The summed E-state index contributed by atoms with van der Waals surface area (Å²) in [7, 11) is 0. The summed E-state index contributed by atoms with van der Waals surface area (Å²) in [5, 5.41) is 2.95. The third-order valence-electron chi connectivity index (χ3n) is 4.60. The molecule has 0 radical (unpaired) electrons. The zero-order valence-corrected chi connectivity index (χ0v) is 15.8. The van der Waals surface area contributed by atoms with Crippen molar-refractivity contribution in [2.75, 3.05) is 19.6 Å². The zero-order valence-electron chi connectivity index (χ0n) is 15.8. The fraction of sp³-hybridized carbons (Fsp3) is 0.364. The molecule has 1 fully saturated rings. The Hall–Kier alpha value is -2.66. The van der Waals surface area contributed by atoms with E-state index in [4.69, 9.17) is 4.74 Å². The van der Waals surface area contributed by atoms with Gasteiger partial charge < -0.3 is 10.1 Å². The lowest BCUT2D eigenvalue weighted by molar-refractivity contribution is -0.116. The zero-order chi connectivity index (χ0) is 18.9. The number of carbonyl (C=O) groups excluding carboxylic acids is 1. The minimum absolute atomic E-state index is 0.0567. The van der Waals surface area contributed by atoms with E-state index in [2.05, 4.69) is 22.1 Å². The van der Waals surface area contributed by atoms with Crippen molar-refractivity contribution in [1.29, 1.82) is 0 Å². The molecule has 27 heavy (non-hydrogen) atoms. The van der Waals surface area contributed by atoms with Crippen molar-refractivity contribution in [3.63, 3.8) is 0 Å². The molecule has 1 aromatic heterocycles. The minimum Gasteiger partial charge on any atom is -0.489 e. The Morgan fingerprint density at radius 1 is 1.30 bits per heavy atom. The Labute approximate surface area is 161 Å². The van der Waals surface area contributed by atoms with Crippen molar-refractivity contribution >= 4 is 12.0 Å². The van der Waals surface area contributed by atoms with Crippen LogP contribution < -0.4 is 10.1 Å². The van der Waals surface area contributed by atoms with Crippen LogP contribution >= 0.6 is 0 Å². The SMILES string of the molecule is CCN(CCNC(=O)/C=C/c1ccc(OCc2cccnc2)cc1)C1CC1. The molecular formula is C22H27N3O2. The molecule has 1 aliphatic carbocycles. The van der Waals surface area contributed by atoms with Gasteiger partial charge in [-0.25, -0.2) is 0 Å². The summed E-state index contributed by atoms with van der Waals surface area (Å²) in [5.41, 5.74) is 1.99. The fourth-order valence-corrected chi connectivity index (χ4v) is 2.92. The van der Waals surface area contributed by atoms with Gasteiger partial charge in [0, 0.05) is 43.2 Å². The van der Waals surface area contributed by atoms with Gasteiger partial charge in [0.25, 0.3) is 0 Å². The monoisotopic (exact) mass is 365 g/mol. The van der Waals surface area contributed by atoms with Crippen molar-refractivity contribution in [3.8, 4) is 5.75 Å². The fourth-order valence-electron chi connectivity index (χ4n) is 2.92. The summed E-state index contributed by atoms with van der Waals surface area (Å²) >= 11 is 0. The van der Waals surface area contributed by atoms with E-state index in [1.165, 1.54) is 12.8 Å². The molecule has 0 saturated heterocycles. The van der Waals surface area contributed by atoms with Gasteiger partial charge in [0.2, 0.25) is 5.91 Å². The average Bonchev–Trinajstić information content (AvgIpc) is 3.55. The van der Waals surface area contributed by atoms with E-state index in [1.54, 1.807) is 18.5 Å². The highest BCUT2D eigenvalue weighted by molar-refractivity contribution is 5.91. The van der Waals surface area contributed by atoms with Gasteiger partial charge in [0.15, 0.2) is 0 Å². The summed E-state index contributed by atoms with van der Waals surface area (Å²) in [6.07, 6.45) is 9.53. The summed E-state index contributed by atoms with van der Waals surface area (Å²) in [6, 6.07) is 12.3. The minimum atomic E-state index is -0.0567. The van der Waals surface area contributed by atoms with Crippen molar-refractivity contribution in [2.45, 2.75) is 32.4 Å². The maximum atomic E-state index is 12.0. The molecule has 0 spiro atoms. The Kier molecular flexibility index (Phi) is 6.99. The van der Waals surface area contributed by atoms with Crippen LogP contribution in [0.2, 0.25) is 0 Å². The van der Waals surface area contributed by atoms with Gasteiger partial charge in [0.05, 0.1) is 0 Å². The molecule has 2 aromatic rings. The number of ether oxygens (including phenoxy) is 1. The van der Waals surface area contributed by atoms with Gasteiger partial charge in [-0.15, -0.1) is 0 Å². The van der Waals surface area contributed by atoms with Gasteiger partial charge >= 0.3 is 0 Å². The Morgan fingerprint density at radius 3 is 2.78 bits per heavy atom. The Bertz CT molecular complexity index is 740. The first-order valence-electron chi connectivity index (χ1n) is 9.56. The maximum absolute atomic E-state index is 12.0. The second-order valence-electron chi connectivity index (χ2n) is 6.70. The largest absolute Gasteiger partial charge is 0.489 e. The number of nitrogens with zero attached hydrogens (tertiary/aromatic N) is 2. The first kappa shape index (κ1) is 19.1. The molecule has 0 bridgehead atoms. The van der Waals surface area contributed by atoms with Crippen molar-refractivity contribution in [1.82, 2.24) is 15.2 Å². The number of nitrogens with one attached hydrogen (secondary N) is 1. The number of carbonyl (C=O) groups is 1. The normalized spacial score (nSPS) is 13.9. The van der Waals surface area contributed by atoms with E-state index < -0.39 is 0 Å². The number of amides is 1. The second-order valence-corrected chi connectivity index (χ2v) is 6.70. The molecule has 0 aliphatic heterocycles. The third kappa shape index (κ3) is 6.53. The third-order valence-corrected chi connectivity index (χ3v) is 4.60. The lowest BCUT2D eigenvalue weighted by atomic mass is 10.2. The number of hydrogen-bond donors (Lipinski definition) is 1. The molecule has 0 atom stereocenters. The molecule has 3 rings (SSSR count). The van der Waals surface area contributed by atoms with Crippen LogP contribution in [-0.4, -0.2) is 41.5 Å². The summed E-state index contributed by atoms with van der Waals surface area (Å²) in [4.78, 5) is 18.4. The van der Waals surface area contributed by atoms with E-state index >= 15 is 0 Å². The van der Waals surface area contributed by atoms with Crippen molar-refractivity contribution in [2.24, 2.45) is 0 Å². The van der Waals surface area contributed by atoms with Gasteiger partial charge in [-0.1, -0.05) is 25.1 Å². The number of pyridine rings is 1. The molecule has 5 nitrogen and oxygen atoms in total. The lowest BCUT2D eigenvalue weighted by Crippen LogP contribution is -2.35. The van der Waals surface area contributed by atoms with Gasteiger partial charge in [-0.05, 0) is 49.2 Å². The van der Waals surface area contributed by atoms with Crippen LogP contribution in [0.3, 0.4) is 0 Å². The van der Waals surface area contributed by atoms with Crippen molar-refractivity contribution < 1.29 is 9.53 Å². The van der Waals surface area contributed by atoms with E-state index in [1.807, 2.05) is 42.5 Å². The van der Waals surface area contributed by atoms with Crippen LogP contribution in [0.25, 0.3) is 6.08 Å². The summed E-state index contributed by atoms with van der Waals surface area (Å²) < 4.78 is 5.74. The first-order valence-corrected chi connectivity index (χ1v) is 9.56. The Morgan fingerprint density at radius 2 is 2.11 bits per heavy atom. The van der Waals surface area contributed by atoms with Crippen molar-refractivity contribution in [3.05, 3.63) is 66.0 Å². The molecule has 1 heterocycles. The van der Waals surface area contributed by atoms with Crippen LogP contribution in [0.5, 0.6) is 5.75 Å². The smallest absolute Gasteiger partial charge is 0.244 e. The van der Waals surface area contributed by atoms with E-state index in [0.29, 0.717) is 13.2 Å². The molecule has 0 unspecified atom stereocenters. The molecule has 1 N–H and O–H groups in total. The summed E-state index contributed by atoms with van der Waals surface area (Å²) in [5.74, 6) is 0.735. The molecule has 142 valence electrons. The Balaban J connectivity index is 1.39. The van der Waals surface area contributed by atoms with Crippen LogP contribution in [0.4, 0.5) is 0 Å². The van der Waals surface area contributed by atoms with E-state index in [-0.39, 0.29) is 5.91 Å². The number of likely N-dealkylation sites (N-methyl/N-ethyl adjacent to an activating group) is 1. The highest BCUT2D eigenvalue weighted by Gasteiger charge is 2.27. The molecule has 1 aromatic carbocycles. The highest BCUT2D eigenvalue weighted by Crippen LogP contribution is 2.25. The van der Waals surface area contributed by atoms with Crippen LogP contribution in [0.15, 0.2) is 54.9 Å². The number of benzene rings is 1. The maximum Gasteiger partial charge on any atom is 0.244 e. The van der Waals surface area contributed by atoms with Gasteiger partial charge in [-0.2, -0.15) is 0 Å². The number of hydrogen-bond acceptors (Lipinski definition) is 4. The van der Waals surface area contributed by atoms with Gasteiger partial charge in [-0.3, -0.25) is 14.7 Å². The van der Waals surface area contributed by atoms with Crippen LogP contribution in [-0.2, 0) is 11.4 Å².